The number of hydrogen-bond donors (Lipinski definition) is 1. The molecule has 6 nitrogen and oxygen atoms in total. The fourth-order valence-corrected chi connectivity index (χ4v) is 3.20. The van der Waals surface area contributed by atoms with E-state index in [9.17, 15) is 4.79 Å². The number of nitrogens with zero attached hydrogens (tertiary/aromatic N) is 1. The van der Waals surface area contributed by atoms with Gasteiger partial charge in [0.25, 0.3) is 0 Å². The molecule has 1 heterocycles. The van der Waals surface area contributed by atoms with Crippen LogP contribution in [-0.4, -0.2) is 18.7 Å². The Labute approximate surface area is 176 Å². The van der Waals surface area contributed by atoms with Gasteiger partial charge in [-0.3, -0.25) is 4.79 Å². The molecular weight excluding hydrogens is 471 g/mol. The van der Waals surface area contributed by atoms with Gasteiger partial charge in [-0.15, -0.1) is 0 Å². The van der Waals surface area contributed by atoms with Crippen molar-refractivity contribution in [3.8, 4) is 11.5 Å². The summed E-state index contributed by atoms with van der Waals surface area (Å²) in [6.07, 6.45) is 2.98. The molecule has 1 N–H and O–H groups in total. The predicted molar refractivity (Wildman–Crippen MR) is 115 cm³/mol. The first-order valence-electron chi connectivity index (χ1n) is 8.67. The highest BCUT2D eigenvalue weighted by molar-refractivity contribution is 14.1. The zero-order chi connectivity index (χ0) is 19.8. The maximum atomic E-state index is 11.8. The monoisotopic (exact) mass is 490 g/mol. The Bertz CT molecular complexity index is 941. The van der Waals surface area contributed by atoms with Gasteiger partial charge >= 0.3 is 5.91 Å². The van der Waals surface area contributed by atoms with E-state index in [1.165, 1.54) is 6.26 Å². The summed E-state index contributed by atoms with van der Waals surface area (Å²) < 4.78 is 17.6. The third-order valence-corrected chi connectivity index (χ3v) is 4.48. The van der Waals surface area contributed by atoms with E-state index in [0.29, 0.717) is 24.7 Å². The largest absolute Gasteiger partial charge is 0.490 e. The third-order valence-electron chi connectivity index (χ3n) is 3.68. The fraction of sp³-hybridized carbons (Fsp3) is 0.143. The van der Waals surface area contributed by atoms with Crippen molar-refractivity contribution >= 4 is 34.7 Å². The van der Waals surface area contributed by atoms with Gasteiger partial charge in [0.15, 0.2) is 17.3 Å². The molecule has 0 aliphatic carbocycles. The summed E-state index contributed by atoms with van der Waals surface area (Å²) in [6, 6.07) is 16.9. The van der Waals surface area contributed by atoms with E-state index in [1.807, 2.05) is 49.4 Å². The Morgan fingerprint density at radius 2 is 2.00 bits per heavy atom. The third kappa shape index (κ3) is 5.35. The van der Waals surface area contributed by atoms with Crippen LogP contribution < -0.4 is 14.9 Å². The SMILES string of the molecule is CCOc1cc(/C=N/NC(=O)c2ccco2)cc(I)c1OCc1ccccc1. The van der Waals surface area contributed by atoms with Crippen LogP contribution in [0.25, 0.3) is 0 Å². The first-order valence-corrected chi connectivity index (χ1v) is 9.75. The minimum absolute atomic E-state index is 0.200. The number of benzene rings is 2. The van der Waals surface area contributed by atoms with Crippen LogP contribution in [0.3, 0.4) is 0 Å². The average Bonchev–Trinajstić information content (AvgIpc) is 3.23. The van der Waals surface area contributed by atoms with Crippen LogP contribution in [-0.2, 0) is 6.61 Å². The number of nitrogens with one attached hydrogen (secondary N) is 1. The zero-order valence-electron chi connectivity index (χ0n) is 15.2. The van der Waals surface area contributed by atoms with Crippen molar-refractivity contribution in [2.24, 2.45) is 5.10 Å². The van der Waals surface area contributed by atoms with Crippen molar-refractivity contribution in [2.45, 2.75) is 13.5 Å². The average molecular weight is 490 g/mol. The minimum atomic E-state index is -0.413. The lowest BCUT2D eigenvalue weighted by Crippen LogP contribution is -2.16. The van der Waals surface area contributed by atoms with Crippen molar-refractivity contribution in [1.82, 2.24) is 5.43 Å². The molecule has 144 valence electrons. The van der Waals surface area contributed by atoms with Gasteiger partial charge in [-0.2, -0.15) is 5.10 Å². The normalized spacial score (nSPS) is 10.8. The number of amides is 1. The molecule has 1 amide bonds. The molecule has 0 spiro atoms. The maximum absolute atomic E-state index is 11.8. The minimum Gasteiger partial charge on any atom is -0.490 e. The van der Waals surface area contributed by atoms with Gasteiger partial charge in [0.1, 0.15) is 6.61 Å². The molecule has 7 heteroatoms. The lowest BCUT2D eigenvalue weighted by Gasteiger charge is -2.14. The molecular formula is C21H19IN2O4. The Balaban J connectivity index is 1.72. The van der Waals surface area contributed by atoms with Gasteiger partial charge in [0.2, 0.25) is 0 Å². The predicted octanol–water partition coefficient (Wildman–Crippen LogP) is 4.63. The molecule has 3 rings (SSSR count). The summed E-state index contributed by atoms with van der Waals surface area (Å²) in [5.74, 6) is 1.10. The number of furan rings is 1. The molecule has 0 unspecified atom stereocenters. The Hall–Kier alpha value is -2.81. The summed E-state index contributed by atoms with van der Waals surface area (Å²) in [5, 5.41) is 3.98. The number of rotatable bonds is 8. The van der Waals surface area contributed by atoms with Gasteiger partial charge in [0, 0.05) is 0 Å². The van der Waals surface area contributed by atoms with E-state index in [1.54, 1.807) is 18.3 Å². The second kappa shape index (κ2) is 9.93. The highest BCUT2D eigenvalue weighted by atomic mass is 127. The summed E-state index contributed by atoms with van der Waals surface area (Å²) in [7, 11) is 0. The van der Waals surface area contributed by atoms with Crippen LogP contribution in [0, 0.1) is 3.57 Å². The molecule has 0 saturated heterocycles. The van der Waals surface area contributed by atoms with Gasteiger partial charge in [-0.1, -0.05) is 30.3 Å². The molecule has 0 bridgehead atoms. The first-order chi connectivity index (χ1) is 13.7. The van der Waals surface area contributed by atoms with Gasteiger partial charge in [0.05, 0.1) is 22.7 Å². The Morgan fingerprint density at radius 3 is 2.71 bits per heavy atom. The van der Waals surface area contributed by atoms with Gasteiger partial charge < -0.3 is 13.9 Å². The van der Waals surface area contributed by atoms with Crippen molar-refractivity contribution in [1.29, 1.82) is 0 Å². The van der Waals surface area contributed by atoms with E-state index in [0.717, 1.165) is 14.7 Å². The van der Waals surface area contributed by atoms with E-state index in [4.69, 9.17) is 13.9 Å². The number of ether oxygens (including phenoxy) is 2. The van der Waals surface area contributed by atoms with E-state index in [2.05, 4.69) is 33.1 Å². The first kappa shape index (κ1) is 19.9. The molecule has 3 aromatic rings. The quantitative estimate of drug-likeness (QED) is 0.284. The Morgan fingerprint density at radius 1 is 1.18 bits per heavy atom. The number of carbonyl (C=O) groups excluding carboxylic acids is 1. The van der Waals surface area contributed by atoms with Gasteiger partial charge in [-0.05, 0) is 64.9 Å². The van der Waals surface area contributed by atoms with Crippen LogP contribution in [0.4, 0.5) is 0 Å². The summed E-state index contributed by atoms with van der Waals surface area (Å²) in [6.45, 7) is 2.87. The van der Waals surface area contributed by atoms with E-state index >= 15 is 0 Å². The number of halogens is 1. The summed E-state index contributed by atoms with van der Waals surface area (Å²) in [5.41, 5.74) is 4.28. The standard InChI is InChI=1S/C21H19IN2O4/c1-2-26-19-12-16(13-23-24-21(25)18-9-6-10-27-18)11-17(22)20(19)28-14-15-7-4-3-5-8-15/h3-13H,2,14H2,1H3,(H,24,25)/b23-13+. The molecule has 28 heavy (non-hydrogen) atoms. The summed E-state index contributed by atoms with van der Waals surface area (Å²) >= 11 is 2.20. The van der Waals surface area contributed by atoms with E-state index in [-0.39, 0.29) is 5.76 Å². The van der Waals surface area contributed by atoms with Gasteiger partial charge in [-0.25, -0.2) is 5.43 Å². The molecule has 0 saturated carbocycles. The van der Waals surface area contributed by atoms with Crippen LogP contribution in [0.5, 0.6) is 11.5 Å². The fourth-order valence-electron chi connectivity index (χ4n) is 2.42. The molecule has 0 fully saturated rings. The molecule has 0 atom stereocenters. The highest BCUT2D eigenvalue weighted by Crippen LogP contribution is 2.34. The highest BCUT2D eigenvalue weighted by Gasteiger charge is 2.12. The second-order valence-corrected chi connectivity index (χ2v) is 6.88. The molecule has 0 aliphatic rings. The van der Waals surface area contributed by atoms with Crippen LogP contribution >= 0.6 is 22.6 Å². The van der Waals surface area contributed by atoms with Crippen molar-refractivity contribution < 1.29 is 18.7 Å². The molecule has 0 radical (unpaired) electrons. The van der Waals surface area contributed by atoms with Crippen LogP contribution in [0.15, 0.2) is 70.4 Å². The maximum Gasteiger partial charge on any atom is 0.307 e. The molecule has 0 aliphatic heterocycles. The lowest BCUT2D eigenvalue weighted by atomic mass is 10.2. The van der Waals surface area contributed by atoms with Crippen molar-refractivity contribution in [3.05, 3.63) is 81.3 Å². The Kier molecular flexibility index (Phi) is 7.07. The molecule has 1 aromatic heterocycles. The smallest absolute Gasteiger partial charge is 0.307 e. The summed E-state index contributed by atoms with van der Waals surface area (Å²) in [4.78, 5) is 11.8. The van der Waals surface area contributed by atoms with E-state index < -0.39 is 5.91 Å². The number of hydrogen-bond acceptors (Lipinski definition) is 5. The lowest BCUT2D eigenvalue weighted by molar-refractivity contribution is 0.0927. The van der Waals surface area contributed by atoms with Crippen LogP contribution in [0.1, 0.15) is 28.6 Å². The van der Waals surface area contributed by atoms with Crippen LogP contribution in [0.2, 0.25) is 0 Å². The van der Waals surface area contributed by atoms with Crippen molar-refractivity contribution in [2.75, 3.05) is 6.61 Å². The zero-order valence-corrected chi connectivity index (χ0v) is 17.4. The second-order valence-electron chi connectivity index (χ2n) is 5.71. The number of carbonyl (C=O) groups is 1. The molecule has 2 aromatic carbocycles. The van der Waals surface area contributed by atoms with Crippen molar-refractivity contribution in [3.63, 3.8) is 0 Å². The topological polar surface area (TPSA) is 73.1 Å². The number of hydrazone groups is 1.